The van der Waals surface area contributed by atoms with E-state index in [-0.39, 0.29) is 15.0 Å². The Morgan fingerprint density at radius 3 is 2.35 bits per heavy atom. The van der Waals surface area contributed by atoms with Crippen LogP contribution in [-0.2, 0) is 9.84 Å². The number of nitrogens with zero attached hydrogens (tertiary/aromatic N) is 2. The van der Waals surface area contributed by atoms with Crippen LogP contribution < -0.4 is 4.74 Å². The van der Waals surface area contributed by atoms with E-state index in [1.165, 1.54) is 36.4 Å². The zero-order chi connectivity index (χ0) is 17.0. The van der Waals surface area contributed by atoms with Gasteiger partial charge in [0.05, 0.1) is 21.4 Å². The highest BCUT2D eigenvalue weighted by atomic mass is 32.2. The summed E-state index contributed by atoms with van der Waals surface area (Å²) in [5.41, 5.74) is 0.400. The molecule has 0 unspecified atom stereocenters. The third kappa shape index (κ3) is 3.86. The minimum absolute atomic E-state index is 0.0984. The number of benzene rings is 2. The SMILES string of the molecule is CN(C)C(=S)Oc1cccc(S(=O)(=O)c2ccc(C#N)cc2)c1. The summed E-state index contributed by atoms with van der Waals surface area (Å²) in [6.45, 7) is 0. The Bertz CT molecular complexity index is 867. The van der Waals surface area contributed by atoms with E-state index in [0.717, 1.165) is 0 Å². The third-order valence-electron chi connectivity index (χ3n) is 2.98. The molecule has 0 aliphatic rings. The van der Waals surface area contributed by atoms with Crippen molar-refractivity contribution < 1.29 is 13.2 Å². The predicted octanol–water partition coefficient (Wildman–Crippen LogP) is 2.62. The molecule has 0 aliphatic heterocycles. The molecular weight excluding hydrogens is 332 g/mol. The fourth-order valence-electron chi connectivity index (χ4n) is 1.74. The van der Waals surface area contributed by atoms with Crippen LogP contribution in [0, 0.1) is 11.3 Å². The van der Waals surface area contributed by atoms with Gasteiger partial charge in [0.1, 0.15) is 5.75 Å². The zero-order valence-electron chi connectivity index (χ0n) is 12.6. The molecule has 0 atom stereocenters. The Morgan fingerprint density at radius 1 is 1.13 bits per heavy atom. The number of thiocarbonyl (C=S) groups is 1. The summed E-state index contributed by atoms with van der Waals surface area (Å²) in [5, 5.41) is 9.02. The van der Waals surface area contributed by atoms with Crippen molar-refractivity contribution in [3.63, 3.8) is 0 Å². The molecule has 0 radical (unpaired) electrons. The standard InChI is InChI=1S/C16H14N2O3S2/c1-18(2)16(22)21-13-4-3-5-15(10-13)23(19,20)14-8-6-12(11-17)7-9-14/h3-10H,1-2H3. The summed E-state index contributed by atoms with van der Waals surface area (Å²) in [5.74, 6) is 0.346. The first-order valence-electron chi connectivity index (χ1n) is 6.59. The number of nitriles is 1. The number of hydrogen-bond acceptors (Lipinski definition) is 5. The molecule has 0 aliphatic carbocycles. The molecule has 0 saturated carbocycles. The van der Waals surface area contributed by atoms with E-state index < -0.39 is 9.84 Å². The first-order chi connectivity index (χ1) is 10.8. The van der Waals surface area contributed by atoms with E-state index in [4.69, 9.17) is 22.2 Å². The van der Waals surface area contributed by atoms with Crippen molar-refractivity contribution in [1.29, 1.82) is 5.26 Å². The quantitative estimate of drug-likeness (QED) is 0.796. The first kappa shape index (κ1) is 16.9. The number of ether oxygens (including phenoxy) is 1. The van der Waals surface area contributed by atoms with Crippen molar-refractivity contribution >= 4 is 27.2 Å². The average Bonchev–Trinajstić information content (AvgIpc) is 2.55. The molecule has 2 aromatic rings. The summed E-state index contributed by atoms with van der Waals surface area (Å²) >= 11 is 5.04. The van der Waals surface area contributed by atoms with Crippen LogP contribution in [0.2, 0.25) is 0 Å². The highest BCUT2D eigenvalue weighted by molar-refractivity contribution is 7.91. The minimum Gasteiger partial charge on any atom is -0.432 e. The van der Waals surface area contributed by atoms with Crippen LogP contribution in [0.1, 0.15) is 5.56 Å². The van der Waals surface area contributed by atoms with Gasteiger partial charge < -0.3 is 9.64 Å². The molecule has 0 N–H and O–H groups in total. The molecule has 0 saturated heterocycles. The predicted molar refractivity (Wildman–Crippen MR) is 90.0 cm³/mol. The van der Waals surface area contributed by atoms with Crippen molar-refractivity contribution in [2.45, 2.75) is 9.79 Å². The summed E-state index contributed by atoms with van der Waals surface area (Å²) in [6.07, 6.45) is 0. The Labute approximate surface area is 140 Å². The smallest absolute Gasteiger partial charge is 0.264 e. The van der Waals surface area contributed by atoms with Crippen LogP contribution in [0.25, 0.3) is 0 Å². The van der Waals surface area contributed by atoms with Gasteiger partial charge in [-0.15, -0.1) is 0 Å². The number of sulfone groups is 1. The second-order valence-corrected chi connectivity index (χ2v) is 7.18. The molecule has 2 aromatic carbocycles. The molecule has 0 amide bonds. The van der Waals surface area contributed by atoms with E-state index in [9.17, 15) is 8.42 Å². The topological polar surface area (TPSA) is 70.4 Å². The maximum Gasteiger partial charge on any atom is 0.264 e. The Balaban J connectivity index is 2.36. The Hall–Kier alpha value is -2.43. The van der Waals surface area contributed by atoms with Gasteiger partial charge in [0.2, 0.25) is 9.84 Å². The molecule has 0 aromatic heterocycles. The van der Waals surface area contributed by atoms with Crippen molar-refractivity contribution in [1.82, 2.24) is 4.90 Å². The fourth-order valence-corrected chi connectivity index (χ4v) is 3.13. The van der Waals surface area contributed by atoms with Crippen LogP contribution in [0.4, 0.5) is 0 Å². The highest BCUT2D eigenvalue weighted by Gasteiger charge is 2.18. The Morgan fingerprint density at radius 2 is 1.78 bits per heavy atom. The second-order valence-electron chi connectivity index (χ2n) is 4.88. The zero-order valence-corrected chi connectivity index (χ0v) is 14.2. The van der Waals surface area contributed by atoms with Crippen LogP contribution in [0.15, 0.2) is 58.3 Å². The van der Waals surface area contributed by atoms with Crippen LogP contribution in [-0.4, -0.2) is 32.6 Å². The largest absolute Gasteiger partial charge is 0.432 e. The van der Waals surface area contributed by atoms with Gasteiger partial charge in [0.15, 0.2) is 0 Å². The number of hydrogen-bond donors (Lipinski definition) is 0. The van der Waals surface area contributed by atoms with Gasteiger partial charge in [0.25, 0.3) is 5.17 Å². The Kier molecular flexibility index (Phi) is 4.98. The maximum atomic E-state index is 12.6. The van der Waals surface area contributed by atoms with E-state index in [2.05, 4.69) is 0 Å². The van der Waals surface area contributed by atoms with Gasteiger partial charge in [-0.25, -0.2) is 8.42 Å². The average molecular weight is 346 g/mol. The van der Waals surface area contributed by atoms with Crippen molar-refractivity contribution in [3.05, 3.63) is 54.1 Å². The summed E-state index contributed by atoms with van der Waals surface area (Å²) in [4.78, 5) is 1.82. The van der Waals surface area contributed by atoms with Gasteiger partial charge in [-0.3, -0.25) is 0 Å². The summed E-state index contributed by atoms with van der Waals surface area (Å²) < 4.78 is 30.7. The molecule has 0 heterocycles. The van der Waals surface area contributed by atoms with Crippen LogP contribution in [0.5, 0.6) is 5.75 Å². The van der Waals surface area contributed by atoms with E-state index in [1.54, 1.807) is 31.1 Å². The molecule has 7 heteroatoms. The molecule has 118 valence electrons. The lowest BCUT2D eigenvalue weighted by Crippen LogP contribution is -2.25. The van der Waals surface area contributed by atoms with Gasteiger partial charge in [0, 0.05) is 14.1 Å². The van der Waals surface area contributed by atoms with Crippen molar-refractivity contribution in [3.8, 4) is 11.8 Å². The molecule has 5 nitrogen and oxygen atoms in total. The van der Waals surface area contributed by atoms with Crippen molar-refractivity contribution in [2.75, 3.05) is 14.1 Å². The van der Waals surface area contributed by atoms with Crippen molar-refractivity contribution in [2.24, 2.45) is 0 Å². The van der Waals surface area contributed by atoms with Gasteiger partial charge >= 0.3 is 0 Å². The van der Waals surface area contributed by atoms with Crippen LogP contribution >= 0.6 is 12.2 Å². The lowest BCUT2D eigenvalue weighted by molar-refractivity contribution is 0.448. The third-order valence-corrected chi connectivity index (χ3v) is 5.20. The first-order valence-corrected chi connectivity index (χ1v) is 8.48. The second kappa shape index (κ2) is 6.77. The molecule has 0 fully saturated rings. The fraction of sp³-hybridized carbons (Fsp3) is 0.125. The normalized spacial score (nSPS) is 10.7. The van der Waals surface area contributed by atoms with E-state index >= 15 is 0 Å². The maximum absolute atomic E-state index is 12.6. The summed E-state index contributed by atoms with van der Waals surface area (Å²) in [6, 6.07) is 13.8. The molecule has 0 bridgehead atoms. The highest BCUT2D eigenvalue weighted by Crippen LogP contribution is 2.24. The van der Waals surface area contributed by atoms with Gasteiger partial charge in [-0.05, 0) is 54.7 Å². The van der Waals surface area contributed by atoms with Gasteiger partial charge in [-0.1, -0.05) is 6.07 Å². The van der Waals surface area contributed by atoms with E-state index in [0.29, 0.717) is 11.3 Å². The lowest BCUT2D eigenvalue weighted by atomic mass is 10.2. The van der Waals surface area contributed by atoms with Gasteiger partial charge in [-0.2, -0.15) is 5.26 Å². The molecule has 23 heavy (non-hydrogen) atoms. The molecular formula is C16H14N2O3S2. The van der Waals surface area contributed by atoms with Crippen LogP contribution in [0.3, 0.4) is 0 Å². The molecule has 0 spiro atoms. The summed E-state index contributed by atoms with van der Waals surface area (Å²) in [7, 11) is -0.217. The number of rotatable bonds is 3. The molecule has 2 rings (SSSR count). The minimum atomic E-state index is -3.69. The monoisotopic (exact) mass is 346 g/mol. The lowest BCUT2D eigenvalue weighted by Gasteiger charge is -2.14. The van der Waals surface area contributed by atoms with E-state index in [1.807, 2.05) is 6.07 Å².